The summed E-state index contributed by atoms with van der Waals surface area (Å²) in [5.41, 5.74) is 1.04. The molecule has 1 aliphatic heterocycles. The van der Waals surface area contributed by atoms with Crippen molar-refractivity contribution in [2.75, 3.05) is 33.4 Å². The van der Waals surface area contributed by atoms with Gasteiger partial charge in [0.05, 0.1) is 13.2 Å². The first kappa shape index (κ1) is 15.4. The molecule has 0 bridgehead atoms. The molecule has 1 saturated heterocycles. The van der Waals surface area contributed by atoms with E-state index < -0.39 is 0 Å². The molecule has 1 fully saturated rings. The molecule has 4 heteroatoms. The number of hydrogen-bond donors (Lipinski definition) is 1. The smallest absolute Gasteiger partial charge is 0.123 e. The van der Waals surface area contributed by atoms with Gasteiger partial charge in [-0.15, -0.1) is 0 Å². The number of likely N-dealkylation sites (N-methyl/N-ethyl adjacent to an activating group) is 1. The Kier molecular flexibility index (Phi) is 5.13. The van der Waals surface area contributed by atoms with Crippen LogP contribution in [0.1, 0.15) is 19.4 Å². The molecule has 1 unspecified atom stereocenters. The largest absolute Gasteiger partial charge is 0.379 e. The lowest BCUT2D eigenvalue weighted by molar-refractivity contribution is -0.0223. The van der Waals surface area contributed by atoms with Crippen molar-refractivity contribution in [2.24, 2.45) is 0 Å². The first-order chi connectivity index (χ1) is 9.54. The van der Waals surface area contributed by atoms with E-state index in [2.05, 4.69) is 24.1 Å². The normalized spacial score (nSPS) is 19.0. The van der Waals surface area contributed by atoms with E-state index >= 15 is 0 Å². The molecule has 0 aromatic heterocycles. The Morgan fingerprint density at radius 2 is 2.05 bits per heavy atom. The summed E-state index contributed by atoms with van der Waals surface area (Å²) >= 11 is 0. The zero-order valence-electron chi connectivity index (χ0n) is 12.7. The average Bonchev–Trinajstić information content (AvgIpc) is 2.45. The molecule has 0 radical (unpaired) electrons. The minimum Gasteiger partial charge on any atom is -0.379 e. The number of hydrogen-bond acceptors (Lipinski definition) is 3. The van der Waals surface area contributed by atoms with Gasteiger partial charge in [-0.3, -0.25) is 4.90 Å². The first-order valence-electron chi connectivity index (χ1n) is 7.28. The quantitative estimate of drug-likeness (QED) is 0.893. The molecule has 1 aliphatic rings. The maximum atomic E-state index is 13.3. The molecule has 1 aromatic rings. The van der Waals surface area contributed by atoms with E-state index in [0.717, 1.165) is 38.3 Å². The van der Waals surface area contributed by atoms with Gasteiger partial charge in [0.2, 0.25) is 0 Å². The van der Waals surface area contributed by atoms with Crippen molar-refractivity contribution >= 4 is 0 Å². The summed E-state index contributed by atoms with van der Waals surface area (Å²) in [5.74, 6) is -0.165. The van der Waals surface area contributed by atoms with E-state index in [1.54, 1.807) is 12.1 Å². The highest BCUT2D eigenvalue weighted by Gasteiger charge is 2.35. The lowest BCUT2D eigenvalue weighted by Crippen LogP contribution is -2.60. The summed E-state index contributed by atoms with van der Waals surface area (Å²) in [7, 11) is 1.98. The summed E-state index contributed by atoms with van der Waals surface area (Å²) in [4.78, 5) is 2.46. The number of nitrogens with zero attached hydrogens (tertiary/aromatic N) is 1. The third kappa shape index (κ3) is 3.57. The Morgan fingerprint density at radius 1 is 1.35 bits per heavy atom. The van der Waals surface area contributed by atoms with E-state index in [4.69, 9.17) is 4.74 Å². The Labute approximate surface area is 121 Å². The van der Waals surface area contributed by atoms with Crippen molar-refractivity contribution < 1.29 is 9.13 Å². The van der Waals surface area contributed by atoms with Crippen molar-refractivity contribution in [2.45, 2.75) is 31.8 Å². The van der Waals surface area contributed by atoms with Gasteiger partial charge in [0, 0.05) is 24.7 Å². The molecule has 1 heterocycles. The van der Waals surface area contributed by atoms with E-state index in [1.165, 1.54) is 6.07 Å². The van der Waals surface area contributed by atoms with Crippen LogP contribution < -0.4 is 5.32 Å². The average molecular weight is 280 g/mol. The molecule has 0 amide bonds. The molecule has 2 rings (SSSR count). The van der Waals surface area contributed by atoms with Gasteiger partial charge in [-0.2, -0.15) is 0 Å². The molecule has 20 heavy (non-hydrogen) atoms. The minimum atomic E-state index is -0.165. The van der Waals surface area contributed by atoms with E-state index in [-0.39, 0.29) is 17.4 Å². The molecule has 112 valence electrons. The zero-order valence-corrected chi connectivity index (χ0v) is 12.7. The van der Waals surface area contributed by atoms with Crippen LogP contribution in [0.4, 0.5) is 4.39 Å². The van der Waals surface area contributed by atoms with Crippen LogP contribution in [0.25, 0.3) is 0 Å². The fraction of sp³-hybridized carbons (Fsp3) is 0.625. The monoisotopic (exact) mass is 280 g/mol. The second-order valence-electron chi connectivity index (χ2n) is 5.93. The third-order valence-corrected chi connectivity index (χ3v) is 4.36. The van der Waals surface area contributed by atoms with Crippen molar-refractivity contribution in [3.8, 4) is 0 Å². The Balaban J connectivity index is 2.09. The lowest BCUT2D eigenvalue weighted by Gasteiger charge is -2.46. The van der Waals surface area contributed by atoms with Crippen molar-refractivity contribution in [1.29, 1.82) is 0 Å². The minimum absolute atomic E-state index is 0.00481. The predicted octanol–water partition coefficient (Wildman–Crippen LogP) is 2.07. The molecule has 1 atom stereocenters. The van der Waals surface area contributed by atoms with Crippen LogP contribution >= 0.6 is 0 Å². The summed E-state index contributed by atoms with van der Waals surface area (Å²) in [6.45, 7) is 7.99. The molecule has 1 aromatic carbocycles. The molecule has 1 N–H and O–H groups in total. The fourth-order valence-corrected chi connectivity index (χ4v) is 2.96. The first-order valence-corrected chi connectivity index (χ1v) is 7.28. The number of halogens is 1. The molecular formula is C16H25FN2O. The van der Waals surface area contributed by atoms with Gasteiger partial charge < -0.3 is 10.1 Å². The number of benzene rings is 1. The van der Waals surface area contributed by atoms with Crippen LogP contribution in [-0.4, -0.2) is 49.8 Å². The van der Waals surface area contributed by atoms with Crippen molar-refractivity contribution in [3.63, 3.8) is 0 Å². The van der Waals surface area contributed by atoms with Crippen molar-refractivity contribution in [1.82, 2.24) is 10.2 Å². The second kappa shape index (κ2) is 6.66. The number of nitrogens with one attached hydrogen (secondary N) is 1. The standard InChI is InChI=1S/C16H25FN2O/c1-16(2,19-7-9-20-10-8-19)15(18-3)12-13-5-4-6-14(17)11-13/h4-6,11,15,18H,7-10,12H2,1-3H3. The maximum Gasteiger partial charge on any atom is 0.123 e. The van der Waals surface area contributed by atoms with Gasteiger partial charge in [0.25, 0.3) is 0 Å². The highest BCUT2D eigenvalue weighted by molar-refractivity contribution is 5.18. The summed E-state index contributed by atoms with van der Waals surface area (Å²) in [5, 5.41) is 3.40. The molecule has 0 saturated carbocycles. The lowest BCUT2D eigenvalue weighted by atomic mass is 9.87. The molecule has 3 nitrogen and oxygen atoms in total. The van der Waals surface area contributed by atoms with Crippen LogP contribution in [0, 0.1) is 5.82 Å². The second-order valence-corrected chi connectivity index (χ2v) is 5.93. The fourth-order valence-electron chi connectivity index (χ4n) is 2.96. The van der Waals surface area contributed by atoms with Crippen LogP contribution in [0.3, 0.4) is 0 Å². The van der Waals surface area contributed by atoms with Crippen molar-refractivity contribution in [3.05, 3.63) is 35.6 Å². The van der Waals surface area contributed by atoms with E-state index in [9.17, 15) is 4.39 Å². The summed E-state index contributed by atoms with van der Waals surface area (Å²) in [6.07, 6.45) is 0.818. The maximum absolute atomic E-state index is 13.3. The Bertz CT molecular complexity index is 430. The topological polar surface area (TPSA) is 24.5 Å². The van der Waals surface area contributed by atoms with E-state index in [1.807, 2.05) is 13.1 Å². The molecular weight excluding hydrogens is 255 g/mol. The van der Waals surface area contributed by atoms with Crippen LogP contribution in [0.5, 0.6) is 0 Å². The predicted molar refractivity (Wildman–Crippen MR) is 79.4 cm³/mol. The highest BCUT2D eigenvalue weighted by Crippen LogP contribution is 2.23. The van der Waals surface area contributed by atoms with Crippen LogP contribution in [0.2, 0.25) is 0 Å². The Morgan fingerprint density at radius 3 is 2.65 bits per heavy atom. The summed E-state index contributed by atoms with van der Waals surface area (Å²) in [6, 6.07) is 7.15. The van der Waals surface area contributed by atoms with Gasteiger partial charge in [-0.25, -0.2) is 4.39 Å². The molecule has 0 spiro atoms. The SMILES string of the molecule is CNC(Cc1cccc(F)c1)C(C)(C)N1CCOCC1. The van der Waals surface area contributed by atoms with E-state index in [0.29, 0.717) is 0 Å². The van der Waals surface area contributed by atoms with Crippen LogP contribution in [-0.2, 0) is 11.2 Å². The number of rotatable bonds is 5. The Hall–Kier alpha value is -0.970. The van der Waals surface area contributed by atoms with Gasteiger partial charge >= 0.3 is 0 Å². The zero-order chi connectivity index (χ0) is 14.6. The van der Waals surface area contributed by atoms with Gasteiger partial charge in [0.1, 0.15) is 5.82 Å². The van der Waals surface area contributed by atoms with Gasteiger partial charge in [0.15, 0.2) is 0 Å². The number of morpholine rings is 1. The van der Waals surface area contributed by atoms with Gasteiger partial charge in [-0.05, 0) is 45.0 Å². The third-order valence-electron chi connectivity index (χ3n) is 4.36. The number of ether oxygens (including phenoxy) is 1. The van der Waals surface area contributed by atoms with Gasteiger partial charge in [-0.1, -0.05) is 12.1 Å². The van der Waals surface area contributed by atoms with Crippen LogP contribution in [0.15, 0.2) is 24.3 Å². The highest BCUT2D eigenvalue weighted by atomic mass is 19.1. The molecule has 0 aliphatic carbocycles. The summed E-state index contributed by atoms with van der Waals surface area (Å²) < 4.78 is 18.8.